The summed E-state index contributed by atoms with van der Waals surface area (Å²) >= 11 is 0. The second-order valence-electron chi connectivity index (χ2n) is 6.39. The topological polar surface area (TPSA) is 62.5 Å². The zero-order chi connectivity index (χ0) is 16.9. The molecule has 0 atom stereocenters. The number of nitrogens with zero attached hydrogens (tertiary/aromatic N) is 3. The van der Waals surface area contributed by atoms with Crippen molar-refractivity contribution in [3.05, 3.63) is 59.9 Å². The van der Waals surface area contributed by atoms with Crippen LogP contribution in [0.15, 0.2) is 48.7 Å². The Labute approximate surface area is 143 Å². The van der Waals surface area contributed by atoms with Crippen molar-refractivity contribution in [2.75, 3.05) is 25.9 Å². The number of nitrogens with two attached hydrogens (primary N) is 1. The average molecular weight is 324 g/mol. The number of carbonyl (C=O) groups excluding carboxylic acids is 1. The van der Waals surface area contributed by atoms with Gasteiger partial charge in [0.15, 0.2) is 0 Å². The second-order valence-corrected chi connectivity index (χ2v) is 6.39. The standard InChI is InChI=1S/C19H24N4O/c1-22(19(24)18-8-7-16(20)13-21-18)17-9-11-23(12-10-17)14-15-5-3-2-4-6-15/h2-8,13,17H,9-12,14,20H2,1H3. The van der Waals surface area contributed by atoms with Gasteiger partial charge in [-0.05, 0) is 30.5 Å². The Morgan fingerprint density at radius 3 is 2.54 bits per heavy atom. The van der Waals surface area contributed by atoms with Gasteiger partial charge in [-0.1, -0.05) is 30.3 Å². The van der Waals surface area contributed by atoms with E-state index in [4.69, 9.17) is 5.73 Å². The molecule has 2 heterocycles. The van der Waals surface area contributed by atoms with Crippen LogP contribution in [0.4, 0.5) is 5.69 Å². The van der Waals surface area contributed by atoms with Crippen LogP contribution >= 0.6 is 0 Å². The quantitative estimate of drug-likeness (QED) is 0.938. The minimum Gasteiger partial charge on any atom is -0.397 e. The molecule has 0 radical (unpaired) electrons. The molecule has 5 nitrogen and oxygen atoms in total. The molecule has 1 aromatic carbocycles. The lowest BCUT2D eigenvalue weighted by Crippen LogP contribution is -2.45. The van der Waals surface area contributed by atoms with Gasteiger partial charge in [-0.3, -0.25) is 9.69 Å². The average Bonchev–Trinajstić information content (AvgIpc) is 2.63. The molecule has 1 amide bonds. The molecule has 1 aromatic heterocycles. The molecule has 0 unspecified atom stereocenters. The zero-order valence-electron chi connectivity index (χ0n) is 14.1. The number of carbonyl (C=O) groups is 1. The number of pyridine rings is 1. The summed E-state index contributed by atoms with van der Waals surface area (Å²) in [6.45, 7) is 2.99. The van der Waals surface area contributed by atoms with Crippen LogP contribution in [0.2, 0.25) is 0 Å². The number of amides is 1. The number of benzene rings is 1. The van der Waals surface area contributed by atoms with Crippen molar-refractivity contribution in [3.63, 3.8) is 0 Å². The van der Waals surface area contributed by atoms with Gasteiger partial charge >= 0.3 is 0 Å². The van der Waals surface area contributed by atoms with E-state index in [2.05, 4.69) is 34.1 Å². The summed E-state index contributed by atoms with van der Waals surface area (Å²) in [5.41, 5.74) is 8.00. The lowest BCUT2D eigenvalue weighted by molar-refractivity contribution is 0.0631. The van der Waals surface area contributed by atoms with E-state index in [0.717, 1.165) is 32.5 Å². The van der Waals surface area contributed by atoms with Crippen LogP contribution in [0.25, 0.3) is 0 Å². The van der Waals surface area contributed by atoms with Crippen LogP contribution in [-0.4, -0.2) is 46.9 Å². The highest BCUT2D eigenvalue weighted by atomic mass is 16.2. The number of hydrogen-bond donors (Lipinski definition) is 1. The molecule has 0 aliphatic carbocycles. The molecule has 0 bridgehead atoms. The lowest BCUT2D eigenvalue weighted by Gasteiger charge is -2.36. The summed E-state index contributed by atoms with van der Waals surface area (Å²) in [5, 5.41) is 0. The third kappa shape index (κ3) is 3.92. The van der Waals surface area contributed by atoms with Crippen LogP contribution in [0.1, 0.15) is 28.9 Å². The minimum atomic E-state index is -0.0310. The monoisotopic (exact) mass is 324 g/mol. The van der Waals surface area contributed by atoms with Gasteiger partial charge < -0.3 is 10.6 Å². The molecule has 1 aliphatic rings. The molecule has 5 heteroatoms. The van der Waals surface area contributed by atoms with Crippen LogP contribution in [-0.2, 0) is 6.54 Å². The first-order valence-corrected chi connectivity index (χ1v) is 8.38. The van der Waals surface area contributed by atoms with Crippen LogP contribution < -0.4 is 5.73 Å². The van der Waals surface area contributed by atoms with Crippen molar-refractivity contribution in [3.8, 4) is 0 Å². The van der Waals surface area contributed by atoms with Crippen LogP contribution in [0.5, 0.6) is 0 Å². The third-order valence-electron chi connectivity index (χ3n) is 4.68. The molecule has 0 spiro atoms. The SMILES string of the molecule is CN(C(=O)c1ccc(N)cn1)C1CCN(Cc2ccccc2)CC1. The van der Waals surface area contributed by atoms with Gasteiger partial charge in [0.25, 0.3) is 5.91 Å². The van der Waals surface area contributed by atoms with Gasteiger partial charge in [0.2, 0.25) is 0 Å². The summed E-state index contributed by atoms with van der Waals surface area (Å²) in [6, 6.07) is 14.2. The smallest absolute Gasteiger partial charge is 0.272 e. The fraction of sp³-hybridized carbons (Fsp3) is 0.368. The highest BCUT2D eigenvalue weighted by Crippen LogP contribution is 2.19. The maximum absolute atomic E-state index is 12.5. The number of rotatable bonds is 4. The summed E-state index contributed by atoms with van der Waals surface area (Å²) in [5.74, 6) is -0.0310. The molecular weight excluding hydrogens is 300 g/mol. The zero-order valence-corrected chi connectivity index (χ0v) is 14.1. The predicted octanol–water partition coefficient (Wildman–Crippen LogP) is 2.40. The van der Waals surface area contributed by atoms with E-state index >= 15 is 0 Å². The molecule has 2 N–H and O–H groups in total. The van der Waals surface area contributed by atoms with Gasteiger partial charge in [-0.2, -0.15) is 0 Å². The van der Waals surface area contributed by atoms with Crippen molar-refractivity contribution in [1.29, 1.82) is 0 Å². The lowest BCUT2D eigenvalue weighted by atomic mass is 10.0. The number of anilines is 1. The number of nitrogen functional groups attached to an aromatic ring is 1. The minimum absolute atomic E-state index is 0.0310. The molecule has 126 valence electrons. The van der Waals surface area contributed by atoms with Gasteiger partial charge in [-0.15, -0.1) is 0 Å². The summed E-state index contributed by atoms with van der Waals surface area (Å²) in [7, 11) is 1.87. The fourth-order valence-corrected chi connectivity index (χ4v) is 3.18. The highest BCUT2D eigenvalue weighted by Gasteiger charge is 2.26. The van der Waals surface area contributed by atoms with Gasteiger partial charge in [0.1, 0.15) is 5.69 Å². The second kappa shape index (κ2) is 7.45. The summed E-state index contributed by atoms with van der Waals surface area (Å²) in [4.78, 5) is 21.0. The highest BCUT2D eigenvalue weighted by molar-refractivity contribution is 5.92. The molecular formula is C19H24N4O. The van der Waals surface area contributed by atoms with E-state index in [1.807, 2.05) is 18.0 Å². The first kappa shape index (κ1) is 16.5. The van der Waals surface area contributed by atoms with E-state index in [1.54, 1.807) is 12.1 Å². The Balaban J connectivity index is 1.54. The largest absolute Gasteiger partial charge is 0.397 e. The molecule has 2 aromatic rings. The number of piperidine rings is 1. The van der Waals surface area contributed by atoms with Crippen molar-refractivity contribution >= 4 is 11.6 Å². The molecule has 0 saturated carbocycles. The van der Waals surface area contributed by atoms with Gasteiger partial charge in [0.05, 0.1) is 11.9 Å². The summed E-state index contributed by atoms with van der Waals surface area (Å²) < 4.78 is 0. The number of aromatic nitrogens is 1. The summed E-state index contributed by atoms with van der Waals surface area (Å²) in [6.07, 6.45) is 3.51. The van der Waals surface area contributed by atoms with Crippen molar-refractivity contribution in [1.82, 2.24) is 14.8 Å². The van der Waals surface area contributed by atoms with E-state index in [0.29, 0.717) is 11.4 Å². The van der Waals surface area contributed by atoms with E-state index in [1.165, 1.54) is 11.8 Å². The fourth-order valence-electron chi connectivity index (χ4n) is 3.18. The maximum Gasteiger partial charge on any atom is 0.272 e. The van der Waals surface area contributed by atoms with Gasteiger partial charge in [-0.25, -0.2) is 4.98 Å². The van der Waals surface area contributed by atoms with Crippen LogP contribution in [0, 0.1) is 0 Å². The van der Waals surface area contributed by atoms with E-state index < -0.39 is 0 Å². The Morgan fingerprint density at radius 1 is 1.21 bits per heavy atom. The molecule has 3 rings (SSSR count). The Bertz CT molecular complexity index is 664. The molecule has 1 fully saturated rings. The molecule has 1 saturated heterocycles. The first-order valence-electron chi connectivity index (χ1n) is 8.38. The number of hydrogen-bond acceptors (Lipinski definition) is 4. The van der Waals surface area contributed by atoms with E-state index in [9.17, 15) is 4.79 Å². The number of likely N-dealkylation sites (tertiary alicyclic amines) is 1. The Kier molecular flexibility index (Phi) is 5.11. The van der Waals surface area contributed by atoms with Crippen molar-refractivity contribution in [2.24, 2.45) is 0 Å². The Morgan fingerprint density at radius 2 is 1.92 bits per heavy atom. The van der Waals surface area contributed by atoms with Crippen LogP contribution in [0.3, 0.4) is 0 Å². The van der Waals surface area contributed by atoms with E-state index in [-0.39, 0.29) is 11.9 Å². The molecule has 24 heavy (non-hydrogen) atoms. The van der Waals surface area contributed by atoms with Gasteiger partial charge in [0, 0.05) is 32.7 Å². The normalized spacial score (nSPS) is 16.0. The van der Waals surface area contributed by atoms with Crippen molar-refractivity contribution < 1.29 is 4.79 Å². The van der Waals surface area contributed by atoms with Crippen molar-refractivity contribution in [2.45, 2.75) is 25.4 Å². The first-order chi connectivity index (χ1) is 11.6. The predicted molar refractivity (Wildman–Crippen MR) is 95.5 cm³/mol. The molecule has 1 aliphatic heterocycles. The third-order valence-corrected chi connectivity index (χ3v) is 4.68. The maximum atomic E-state index is 12.5. The Hall–Kier alpha value is -2.40.